The third-order valence-electron chi connectivity index (χ3n) is 7.54. The van der Waals surface area contributed by atoms with Crippen molar-refractivity contribution in [2.75, 3.05) is 5.32 Å². The van der Waals surface area contributed by atoms with Gasteiger partial charge in [-0.1, -0.05) is 90.5 Å². The number of fused-ring (bicyclic) bond motifs is 1. The van der Waals surface area contributed by atoms with Crippen molar-refractivity contribution in [2.24, 2.45) is 0 Å². The van der Waals surface area contributed by atoms with E-state index >= 15 is 0 Å². The lowest BCUT2D eigenvalue weighted by molar-refractivity contribution is -0.142. The fourth-order valence-corrected chi connectivity index (χ4v) is 5.58. The van der Waals surface area contributed by atoms with Gasteiger partial charge in [-0.05, 0) is 55.7 Å². The molecule has 5 rings (SSSR count). The van der Waals surface area contributed by atoms with Gasteiger partial charge in [0.25, 0.3) is 17.7 Å². The van der Waals surface area contributed by atoms with Gasteiger partial charge in [0.1, 0.15) is 12.1 Å². The first-order chi connectivity index (χ1) is 20.2. The minimum atomic E-state index is -1.20. The number of hydrogen-bond acceptors (Lipinski definition) is 4. The molecule has 7 nitrogen and oxygen atoms in total. The number of benzene rings is 4. The van der Waals surface area contributed by atoms with Crippen LogP contribution in [0.5, 0.6) is 0 Å². The van der Waals surface area contributed by atoms with E-state index in [1.165, 1.54) is 11.8 Å². The number of nitrogens with one attached hydrogen (secondary N) is 1. The lowest BCUT2D eigenvalue weighted by Gasteiger charge is -2.35. The third kappa shape index (κ3) is 5.43. The summed E-state index contributed by atoms with van der Waals surface area (Å²) in [5.41, 5.74) is 4.03. The average Bonchev–Trinajstić information content (AvgIpc) is 3.24. The Kier molecular flexibility index (Phi) is 8.22. The van der Waals surface area contributed by atoms with Crippen LogP contribution in [0.15, 0.2) is 97.1 Å². The third-order valence-corrected chi connectivity index (χ3v) is 7.88. The molecule has 1 heterocycles. The van der Waals surface area contributed by atoms with E-state index in [0.717, 1.165) is 21.6 Å². The monoisotopic (exact) mass is 579 g/mol. The van der Waals surface area contributed by atoms with E-state index in [-0.39, 0.29) is 17.7 Å². The van der Waals surface area contributed by atoms with E-state index < -0.39 is 35.7 Å². The molecule has 0 bridgehead atoms. The summed E-state index contributed by atoms with van der Waals surface area (Å²) in [5, 5.41) is 3.33. The summed E-state index contributed by atoms with van der Waals surface area (Å²) in [6, 6.07) is 25.9. The summed E-state index contributed by atoms with van der Waals surface area (Å²) in [6.07, 6.45) is 0. The first kappa shape index (κ1) is 28.8. The van der Waals surface area contributed by atoms with Gasteiger partial charge in [0.15, 0.2) is 0 Å². The molecule has 4 aromatic rings. The number of imide groups is 1. The van der Waals surface area contributed by atoms with E-state index in [9.17, 15) is 19.2 Å². The normalized spacial score (nSPS) is 13.9. The Morgan fingerprint density at radius 3 is 1.93 bits per heavy atom. The van der Waals surface area contributed by atoms with Crippen LogP contribution in [0.3, 0.4) is 0 Å². The van der Waals surface area contributed by atoms with Crippen LogP contribution in [0, 0.1) is 13.8 Å². The van der Waals surface area contributed by atoms with Gasteiger partial charge < -0.3 is 10.2 Å². The molecule has 2 atom stereocenters. The Morgan fingerprint density at radius 1 is 0.786 bits per heavy atom. The summed E-state index contributed by atoms with van der Waals surface area (Å²) in [7, 11) is 0. The minimum Gasteiger partial charge on any atom is -0.323 e. The SMILES string of the molecule is Cc1cccc(C)c1NC(=O)C(c1ccccc1Cl)N(Cc1ccccc1)C(=O)C(C)N1C(=O)c2ccccc2C1=O. The Morgan fingerprint density at radius 2 is 1.33 bits per heavy atom. The molecule has 0 aliphatic carbocycles. The highest BCUT2D eigenvalue weighted by Gasteiger charge is 2.44. The van der Waals surface area contributed by atoms with Crippen molar-refractivity contribution < 1.29 is 19.2 Å². The van der Waals surface area contributed by atoms with Crippen molar-refractivity contribution >= 4 is 40.9 Å². The smallest absolute Gasteiger partial charge is 0.262 e. The quantitative estimate of drug-likeness (QED) is 0.246. The van der Waals surface area contributed by atoms with Gasteiger partial charge in [0.2, 0.25) is 5.91 Å². The summed E-state index contributed by atoms with van der Waals surface area (Å²) in [4.78, 5) is 57.7. The van der Waals surface area contributed by atoms with Crippen LogP contribution in [0.25, 0.3) is 0 Å². The minimum absolute atomic E-state index is 0.0310. The van der Waals surface area contributed by atoms with E-state index in [1.807, 2.05) is 62.4 Å². The van der Waals surface area contributed by atoms with Crippen molar-refractivity contribution in [1.82, 2.24) is 9.80 Å². The number of anilines is 1. The molecule has 0 fully saturated rings. The molecular formula is C34H30ClN3O4. The molecule has 1 aliphatic rings. The molecule has 4 amide bonds. The van der Waals surface area contributed by atoms with Crippen LogP contribution in [0.1, 0.15) is 55.9 Å². The lowest BCUT2D eigenvalue weighted by Crippen LogP contribution is -2.52. The van der Waals surface area contributed by atoms with Gasteiger partial charge in [0, 0.05) is 22.8 Å². The zero-order valence-electron chi connectivity index (χ0n) is 23.5. The molecule has 8 heteroatoms. The van der Waals surface area contributed by atoms with Crippen LogP contribution < -0.4 is 5.32 Å². The number of carbonyl (C=O) groups is 4. The molecule has 0 saturated carbocycles. The molecule has 0 radical (unpaired) electrons. The predicted molar refractivity (Wildman–Crippen MR) is 162 cm³/mol. The number of carbonyl (C=O) groups excluding carboxylic acids is 4. The van der Waals surface area contributed by atoms with Gasteiger partial charge in [-0.25, -0.2) is 0 Å². The highest BCUT2D eigenvalue weighted by molar-refractivity contribution is 6.31. The summed E-state index contributed by atoms with van der Waals surface area (Å²) >= 11 is 6.66. The molecule has 212 valence electrons. The highest BCUT2D eigenvalue weighted by atomic mass is 35.5. The molecule has 1 N–H and O–H groups in total. The topological polar surface area (TPSA) is 86.8 Å². The Labute approximate surface area is 249 Å². The van der Waals surface area contributed by atoms with Gasteiger partial charge >= 0.3 is 0 Å². The first-order valence-corrected chi connectivity index (χ1v) is 14.0. The summed E-state index contributed by atoms with van der Waals surface area (Å²) < 4.78 is 0. The van der Waals surface area contributed by atoms with E-state index in [2.05, 4.69) is 5.32 Å². The second-order valence-corrected chi connectivity index (χ2v) is 10.7. The van der Waals surface area contributed by atoms with Crippen molar-refractivity contribution in [1.29, 1.82) is 0 Å². The van der Waals surface area contributed by atoms with Crippen molar-refractivity contribution in [3.8, 4) is 0 Å². The van der Waals surface area contributed by atoms with Crippen molar-refractivity contribution in [3.63, 3.8) is 0 Å². The molecule has 42 heavy (non-hydrogen) atoms. The Balaban J connectivity index is 1.60. The second kappa shape index (κ2) is 12.0. The van der Waals surface area contributed by atoms with E-state index in [4.69, 9.17) is 11.6 Å². The summed E-state index contributed by atoms with van der Waals surface area (Å²) in [6.45, 7) is 5.33. The molecule has 0 aromatic heterocycles. The number of nitrogens with zero attached hydrogens (tertiary/aromatic N) is 2. The molecule has 1 aliphatic heterocycles. The summed E-state index contributed by atoms with van der Waals surface area (Å²) in [5.74, 6) is -2.15. The molecule has 0 spiro atoms. The number of amides is 4. The average molecular weight is 580 g/mol. The molecular weight excluding hydrogens is 550 g/mol. The number of aryl methyl sites for hydroxylation is 2. The van der Waals surface area contributed by atoms with E-state index in [1.54, 1.807) is 48.5 Å². The van der Waals surface area contributed by atoms with Crippen LogP contribution >= 0.6 is 11.6 Å². The van der Waals surface area contributed by atoms with E-state index in [0.29, 0.717) is 16.3 Å². The maximum atomic E-state index is 14.5. The fraction of sp³-hybridized carbons (Fsp3) is 0.176. The molecule has 0 saturated heterocycles. The maximum Gasteiger partial charge on any atom is 0.262 e. The fourth-order valence-electron chi connectivity index (χ4n) is 5.34. The second-order valence-electron chi connectivity index (χ2n) is 10.3. The number of para-hydroxylation sites is 1. The molecule has 4 aromatic carbocycles. The van der Waals surface area contributed by atoms with Crippen LogP contribution in [-0.2, 0) is 16.1 Å². The molecule has 2 unspecified atom stereocenters. The van der Waals surface area contributed by atoms with Gasteiger partial charge in [-0.2, -0.15) is 0 Å². The maximum absolute atomic E-state index is 14.5. The first-order valence-electron chi connectivity index (χ1n) is 13.6. The zero-order valence-corrected chi connectivity index (χ0v) is 24.3. The zero-order chi connectivity index (χ0) is 30.0. The van der Waals surface area contributed by atoms with Crippen LogP contribution in [0.4, 0.5) is 5.69 Å². The highest BCUT2D eigenvalue weighted by Crippen LogP contribution is 2.33. The number of rotatable bonds is 8. The number of hydrogen-bond donors (Lipinski definition) is 1. The predicted octanol–water partition coefficient (Wildman–Crippen LogP) is 6.35. The van der Waals surface area contributed by atoms with Crippen molar-refractivity contribution in [3.05, 3.63) is 135 Å². The standard InChI is InChI=1S/C34H30ClN3O4/c1-21-12-11-13-22(2)29(21)36-31(39)30(27-18-9-10-19-28(27)35)37(20-24-14-5-4-6-15-24)32(40)23(3)38-33(41)25-16-7-8-17-26(25)34(38)42/h4-19,23,30H,20H2,1-3H3,(H,36,39). The largest absolute Gasteiger partial charge is 0.323 e. The Bertz CT molecular complexity index is 1630. The van der Waals surface area contributed by atoms with Crippen molar-refractivity contribution in [2.45, 2.75) is 39.4 Å². The van der Waals surface area contributed by atoms with Gasteiger partial charge in [-0.15, -0.1) is 0 Å². The van der Waals surface area contributed by atoms with Gasteiger partial charge in [-0.3, -0.25) is 24.1 Å². The lowest BCUT2D eigenvalue weighted by atomic mass is 10.0. The number of halogens is 1. The van der Waals surface area contributed by atoms with Crippen LogP contribution in [0.2, 0.25) is 5.02 Å². The van der Waals surface area contributed by atoms with Crippen LogP contribution in [-0.4, -0.2) is 39.5 Å². The Hall–Kier alpha value is -4.75. The van der Waals surface area contributed by atoms with Gasteiger partial charge in [0.05, 0.1) is 11.1 Å².